The van der Waals surface area contributed by atoms with E-state index in [9.17, 15) is 4.79 Å². The van der Waals surface area contributed by atoms with Gasteiger partial charge in [-0.1, -0.05) is 26.0 Å². The third kappa shape index (κ3) is 1.74. The Balaban J connectivity index is 2.92. The molecule has 1 heteroatoms. The van der Waals surface area contributed by atoms with Crippen LogP contribution in [-0.2, 0) is 4.79 Å². The van der Waals surface area contributed by atoms with Crippen LogP contribution in [0.5, 0.6) is 0 Å². The highest BCUT2D eigenvalue weighted by molar-refractivity contribution is 5.80. The van der Waals surface area contributed by atoms with Crippen molar-refractivity contribution in [1.82, 2.24) is 0 Å². The van der Waals surface area contributed by atoms with Crippen molar-refractivity contribution < 1.29 is 4.79 Å². The van der Waals surface area contributed by atoms with E-state index in [4.69, 9.17) is 0 Å². The van der Waals surface area contributed by atoms with Crippen molar-refractivity contribution in [2.75, 3.05) is 0 Å². The fourth-order valence-corrected chi connectivity index (χ4v) is 2.15. The Bertz CT molecular complexity index is 216. The third-order valence-corrected chi connectivity index (χ3v) is 3.38. The van der Waals surface area contributed by atoms with Gasteiger partial charge in [0.25, 0.3) is 0 Å². The van der Waals surface area contributed by atoms with Gasteiger partial charge >= 0.3 is 0 Å². The monoisotopic (exact) mass is 178 g/mol. The quantitative estimate of drug-likeness (QED) is 0.594. The molecule has 1 aliphatic rings. The van der Waals surface area contributed by atoms with E-state index in [0.717, 1.165) is 0 Å². The fourth-order valence-electron chi connectivity index (χ4n) is 2.15. The van der Waals surface area contributed by atoms with Crippen LogP contribution in [0.15, 0.2) is 25.3 Å². The molecule has 1 aliphatic carbocycles. The number of carbonyl (C=O) groups is 1. The van der Waals surface area contributed by atoms with E-state index in [0.29, 0.717) is 30.5 Å². The van der Waals surface area contributed by atoms with Crippen LogP contribution in [0.3, 0.4) is 0 Å². The lowest BCUT2D eigenvalue weighted by Gasteiger charge is -2.42. The summed E-state index contributed by atoms with van der Waals surface area (Å²) in [5, 5.41) is 0. The molecule has 1 saturated carbocycles. The predicted molar refractivity (Wildman–Crippen MR) is 55.4 cm³/mol. The Morgan fingerprint density at radius 2 is 1.62 bits per heavy atom. The van der Waals surface area contributed by atoms with Crippen molar-refractivity contribution in [3.05, 3.63) is 25.3 Å². The lowest BCUT2D eigenvalue weighted by atomic mass is 9.62. The molecule has 0 aromatic heterocycles. The molecule has 2 atom stereocenters. The van der Waals surface area contributed by atoms with Crippen molar-refractivity contribution in [1.29, 1.82) is 0 Å². The van der Waals surface area contributed by atoms with E-state index in [-0.39, 0.29) is 5.41 Å². The summed E-state index contributed by atoms with van der Waals surface area (Å²) < 4.78 is 0. The Hall–Kier alpha value is -0.850. The zero-order chi connectivity index (χ0) is 10.1. The molecule has 0 spiro atoms. The van der Waals surface area contributed by atoms with Crippen LogP contribution >= 0.6 is 0 Å². The average molecular weight is 178 g/mol. The summed E-state index contributed by atoms with van der Waals surface area (Å²) in [7, 11) is 0. The SMILES string of the molecule is C=C[C@H]1CC(=O)C[C@H](C=C)C1(C)C. The first-order valence-electron chi connectivity index (χ1n) is 4.79. The fraction of sp³-hybridized carbons (Fsp3) is 0.583. The molecule has 0 aromatic carbocycles. The van der Waals surface area contributed by atoms with Crippen LogP contribution in [-0.4, -0.2) is 5.78 Å². The predicted octanol–water partition coefficient (Wildman–Crippen LogP) is 2.98. The van der Waals surface area contributed by atoms with E-state index in [1.165, 1.54) is 0 Å². The molecular weight excluding hydrogens is 160 g/mol. The second kappa shape index (κ2) is 3.49. The molecular formula is C12H18O. The maximum atomic E-state index is 11.4. The van der Waals surface area contributed by atoms with E-state index in [1.54, 1.807) is 0 Å². The Kier molecular flexibility index (Phi) is 2.74. The van der Waals surface area contributed by atoms with Crippen molar-refractivity contribution in [2.24, 2.45) is 17.3 Å². The molecule has 0 bridgehead atoms. The first kappa shape index (κ1) is 10.2. The van der Waals surface area contributed by atoms with Crippen LogP contribution in [0, 0.1) is 17.3 Å². The molecule has 13 heavy (non-hydrogen) atoms. The van der Waals surface area contributed by atoms with Gasteiger partial charge in [0.15, 0.2) is 0 Å². The number of rotatable bonds is 2. The van der Waals surface area contributed by atoms with Crippen LogP contribution in [0.4, 0.5) is 0 Å². The van der Waals surface area contributed by atoms with Gasteiger partial charge in [0.05, 0.1) is 0 Å². The van der Waals surface area contributed by atoms with Gasteiger partial charge in [-0.05, 0) is 17.3 Å². The first-order valence-corrected chi connectivity index (χ1v) is 4.79. The van der Waals surface area contributed by atoms with E-state index < -0.39 is 0 Å². The summed E-state index contributed by atoms with van der Waals surface area (Å²) in [6, 6.07) is 0. The molecule has 1 rings (SSSR count). The van der Waals surface area contributed by atoms with Crippen molar-refractivity contribution in [2.45, 2.75) is 26.7 Å². The summed E-state index contributed by atoms with van der Waals surface area (Å²) in [6.07, 6.45) is 5.13. The second-order valence-electron chi connectivity index (χ2n) is 4.45. The molecule has 0 unspecified atom stereocenters. The van der Waals surface area contributed by atoms with Crippen molar-refractivity contribution in [3.63, 3.8) is 0 Å². The summed E-state index contributed by atoms with van der Waals surface area (Å²) in [6.45, 7) is 12.0. The molecule has 0 saturated heterocycles. The maximum Gasteiger partial charge on any atom is 0.134 e. The third-order valence-electron chi connectivity index (χ3n) is 3.38. The van der Waals surface area contributed by atoms with Crippen LogP contribution in [0.1, 0.15) is 26.7 Å². The van der Waals surface area contributed by atoms with Crippen LogP contribution in [0.2, 0.25) is 0 Å². The molecule has 0 heterocycles. The van der Waals surface area contributed by atoms with Crippen LogP contribution < -0.4 is 0 Å². The second-order valence-corrected chi connectivity index (χ2v) is 4.45. The van der Waals surface area contributed by atoms with Crippen LogP contribution in [0.25, 0.3) is 0 Å². The highest BCUT2D eigenvalue weighted by atomic mass is 16.1. The summed E-state index contributed by atoms with van der Waals surface area (Å²) >= 11 is 0. The number of allylic oxidation sites excluding steroid dienone is 2. The highest BCUT2D eigenvalue weighted by Crippen LogP contribution is 2.44. The number of hydrogen-bond acceptors (Lipinski definition) is 1. The van der Waals surface area contributed by atoms with Crippen molar-refractivity contribution in [3.8, 4) is 0 Å². The number of carbonyl (C=O) groups excluding carboxylic acids is 1. The van der Waals surface area contributed by atoms with Crippen molar-refractivity contribution >= 4 is 5.78 Å². The molecule has 1 nitrogen and oxygen atoms in total. The molecule has 0 amide bonds. The molecule has 1 fully saturated rings. The zero-order valence-electron chi connectivity index (χ0n) is 8.55. The number of Topliss-reactive ketones (excluding diaryl/α,β-unsaturated/α-hetero) is 1. The molecule has 0 radical (unpaired) electrons. The Morgan fingerprint density at radius 1 is 1.23 bits per heavy atom. The summed E-state index contributed by atoms with van der Waals surface area (Å²) in [4.78, 5) is 11.4. The molecule has 0 aliphatic heterocycles. The van der Waals surface area contributed by atoms with Gasteiger partial charge in [-0.25, -0.2) is 0 Å². The molecule has 0 aromatic rings. The van der Waals surface area contributed by atoms with E-state index >= 15 is 0 Å². The largest absolute Gasteiger partial charge is 0.300 e. The van der Waals surface area contributed by atoms with Gasteiger partial charge in [0.1, 0.15) is 5.78 Å². The van der Waals surface area contributed by atoms with E-state index in [2.05, 4.69) is 27.0 Å². The standard InChI is InChI=1S/C12H18O/c1-5-9-7-11(13)8-10(6-2)12(9,3)4/h5-6,9-10H,1-2,7-8H2,3-4H3/t9-,10-/m0/s1. The van der Waals surface area contributed by atoms with Gasteiger partial charge in [-0.15, -0.1) is 13.2 Å². The Morgan fingerprint density at radius 3 is 1.92 bits per heavy atom. The topological polar surface area (TPSA) is 17.1 Å². The highest BCUT2D eigenvalue weighted by Gasteiger charge is 2.40. The van der Waals surface area contributed by atoms with E-state index in [1.807, 2.05) is 12.2 Å². The minimum atomic E-state index is 0.136. The van der Waals surface area contributed by atoms with Gasteiger partial charge in [-0.3, -0.25) is 4.79 Å². The maximum absolute atomic E-state index is 11.4. The average Bonchev–Trinajstić information content (AvgIpc) is 2.08. The first-order chi connectivity index (χ1) is 6.02. The van der Waals surface area contributed by atoms with Gasteiger partial charge in [0.2, 0.25) is 0 Å². The lowest BCUT2D eigenvalue weighted by molar-refractivity contribution is -0.125. The zero-order valence-corrected chi connectivity index (χ0v) is 8.55. The Labute approximate surface area is 80.5 Å². The number of ketones is 1. The van der Waals surface area contributed by atoms with Gasteiger partial charge < -0.3 is 0 Å². The van der Waals surface area contributed by atoms with Gasteiger partial charge in [0, 0.05) is 12.8 Å². The smallest absolute Gasteiger partial charge is 0.134 e. The summed E-state index contributed by atoms with van der Waals surface area (Å²) in [5.41, 5.74) is 0.136. The minimum absolute atomic E-state index is 0.136. The lowest BCUT2D eigenvalue weighted by Crippen LogP contribution is -2.38. The normalized spacial score (nSPS) is 32.6. The summed E-state index contributed by atoms with van der Waals surface area (Å²) in [5.74, 6) is 0.947. The number of hydrogen-bond donors (Lipinski definition) is 0. The minimum Gasteiger partial charge on any atom is -0.300 e. The van der Waals surface area contributed by atoms with Gasteiger partial charge in [-0.2, -0.15) is 0 Å². The molecule has 72 valence electrons. The molecule has 0 N–H and O–H groups in total.